The molecule has 0 saturated carbocycles. The molecule has 0 aliphatic carbocycles. The van der Waals surface area contributed by atoms with Crippen molar-refractivity contribution in [3.63, 3.8) is 0 Å². The van der Waals surface area contributed by atoms with Crippen molar-refractivity contribution in [3.05, 3.63) is 79.6 Å². The maximum atomic E-state index is 12.7. The van der Waals surface area contributed by atoms with Gasteiger partial charge in [-0.25, -0.2) is 9.48 Å². The van der Waals surface area contributed by atoms with E-state index in [4.69, 9.17) is 0 Å². The minimum atomic E-state index is -0.612. The first-order valence-corrected chi connectivity index (χ1v) is 10.0. The average Bonchev–Trinajstić information content (AvgIpc) is 2.80. The Bertz CT molecular complexity index is 1270. The van der Waals surface area contributed by atoms with E-state index in [1.165, 1.54) is 24.0 Å². The van der Waals surface area contributed by atoms with Crippen molar-refractivity contribution in [1.82, 2.24) is 29.2 Å². The molecule has 1 saturated heterocycles. The van der Waals surface area contributed by atoms with E-state index in [2.05, 4.69) is 15.1 Å². The van der Waals surface area contributed by atoms with Crippen LogP contribution in [0.1, 0.15) is 23.2 Å². The number of pyridine rings is 1. The molecule has 4 rings (SSSR count). The SMILES string of the molecule is Cn1c(=O)[nH]cc(C(=O)N2CCC(Cn3nc(-c4ccncc4)ccc3=O)CC2)c1=O. The Hall–Kier alpha value is -3.82. The van der Waals surface area contributed by atoms with Crippen LogP contribution in [-0.4, -0.2) is 48.2 Å². The molecule has 1 aliphatic heterocycles. The molecule has 1 aliphatic rings. The van der Waals surface area contributed by atoms with Crippen LogP contribution in [-0.2, 0) is 13.6 Å². The molecule has 0 spiro atoms. The van der Waals surface area contributed by atoms with Crippen LogP contribution in [0.2, 0.25) is 0 Å². The highest BCUT2D eigenvalue weighted by Crippen LogP contribution is 2.20. The number of hydrogen-bond donors (Lipinski definition) is 1. The molecule has 3 aromatic rings. The number of aromatic amines is 1. The number of rotatable bonds is 4. The van der Waals surface area contributed by atoms with Crippen molar-refractivity contribution in [2.45, 2.75) is 19.4 Å². The summed E-state index contributed by atoms with van der Waals surface area (Å²) in [7, 11) is 1.33. The highest BCUT2D eigenvalue weighted by Gasteiger charge is 2.26. The molecular weight excluding hydrogens is 400 g/mol. The summed E-state index contributed by atoms with van der Waals surface area (Å²) in [4.78, 5) is 56.7. The normalized spacial score (nSPS) is 14.5. The molecule has 0 unspecified atom stereocenters. The van der Waals surface area contributed by atoms with Gasteiger partial charge in [0.1, 0.15) is 5.56 Å². The predicted octanol–water partition coefficient (Wildman–Crippen LogP) is 0.245. The third-order valence-electron chi connectivity index (χ3n) is 5.59. The minimum Gasteiger partial charge on any atom is -0.338 e. The first-order valence-electron chi connectivity index (χ1n) is 10.0. The van der Waals surface area contributed by atoms with E-state index in [0.717, 1.165) is 10.1 Å². The molecule has 160 valence electrons. The molecule has 4 heterocycles. The zero-order chi connectivity index (χ0) is 22.0. The number of H-pyrrole nitrogens is 1. The molecule has 0 radical (unpaired) electrons. The zero-order valence-corrected chi connectivity index (χ0v) is 17.0. The standard InChI is InChI=1S/C21H22N6O4/c1-25-19(29)16(12-23-21(25)31)20(30)26-10-6-14(7-11-26)13-27-18(28)3-2-17(24-27)15-4-8-22-9-5-15/h2-5,8-9,12,14H,6-7,10-11,13H2,1H3,(H,23,31). The summed E-state index contributed by atoms with van der Waals surface area (Å²) in [5.74, 6) is -0.217. The fourth-order valence-corrected chi connectivity index (χ4v) is 3.71. The van der Waals surface area contributed by atoms with Crippen molar-refractivity contribution in [2.24, 2.45) is 13.0 Å². The lowest BCUT2D eigenvalue weighted by atomic mass is 9.96. The Balaban J connectivity index is 1.44. The predicted molar refractivity (Wildman–Crippen MR) is 113 cm³/mol. The van der Waals surface area contributed by atoms with Crippen LogP contribution in [0.3, 0.4) is 0 Å². The van der Waals surface area contributed by atoms with E-state index in [1.807, 2.05) is 12.1 Å². The smallest absolute Gasteiger partial charge is 0.328 e. The van der Waals surface area contributed by atoms with E-state index < -0.39 is 17.2 Å². The van der Waals surface area contributed by atoms with Crippen molar-refractivity contribution < 1.29 is 4.79 Å². The van der Waals surface area contributed by atoms with Gasteiger partial charge in [-0.05, 0) is 37.0 Å². The number of amides is 1. The lowest BCUT2D eigenvalue weighted by Gasteiger charge is -2.32. The topological polar surface area (TPSA) is 123 Å². The van der Waals surface area contributed by atoms with E-state index >= 15 is 0 Å². The van der Waals surface area contributed by atoms with E-state index in [0.29, 0.717) is 38.2 Å². The Kier molecular flexibility index (Phi) is 5.61. The summed E-state index contributed by atoms with van der Waals surface area (Å²) in [6, 6.07) is 6.87. The third kappa shape index (κ3) is 4.23. The van der Waals surface area contributed by atoms with Crippen LogP contribution < -0.4 is 16.8 Å². The van der Waals surface area contributed by atoms with Gasteiger partial charge in [-0.1, -0.05) is 0 Å². The van der Waals surface area contributed by atoms with E-state index in [-0.39, 0.29) is 17.0 Å². The summed E-state index contributed by atoms with van der Waals surface area (Å²) >= 11 is 0. The van der Waals surface area contributed by atoms with Gasteiger partial charge in [-0.2, -0.15) is 5.10 Å². The van der Waals surface area contributed by atoms with Gasteiger partial charge >= 0.3 is 5.69 Å². The second-order valence-electron chi connectivity index (χ2n) is 7.58. The summed E-state index contributed by atoms with van der Waals surface area (Å²) in [5, 5.41) is 4.49. The Labute approximate surface area is 176 Å². The number of carbonyl (C=O) groups is 1. The number of carbonyl (C=O) groups excluding carboxylic acids is 1. The van der Waals surface area contributed by atoms with Crippen molar-refractivity contribution in [3.8, 4) is 11.3 Å². The lowest BCUT2D eigenvalue weighted by molar-refractivity contribution is 0.0677. The molecule has 1 fully saturated rings. The highest BCUT2D eigenvalue weighted by atomic mass is 16.2. The van der Waals surface area contributed by atoms with Crippen LogP contribution in [0, 0.1) is 5.92 Å². The number of hydrogen-bond acceptors (Lipinski definition) is 6. The number of nitrogens with zero attached hydrogens (tertiary/aromatic N) is 5. The molecule has 10 nitrogen and oxygen atoms in total. The average molecular weight is 422 g/mol. The molecular formula is C21H22N6O4. The van der Waals surface area contributed by atoms with Crippen LogP contribution in [0.25, 0.3) is 11.3 Å². The van der Waals surface area contributed by atoms with Gasteiger partial charge < -0.3 is 9.88 Å². The Morgan fingerprint density at radius 1 is 1.10 bits per heavy atom. The third-order valence-corrected chi connectivity index (χ3v) is 5.59. The van der Waals surface area contributed by atoms with Crippen LogP contribution >= 0.6 is 0 Å². The molecule has 1 amide bonds. The maximum absolute atomic E-state index is 12.7. The second-order valence-corrected chi connectivity index (χ2v) is 7.58. The molecule has 10 heteroatoms. The maximum Gasteiger partial charge on any atom is 0.328 e. The summed E-state index contributed by atoms with van der Waals surface area (Å²) < 4.78 is 2.35. The van der Waals surface area contributed by atoms with Gasteiger partial charge in [-0.15, -0.1) is 0 Å². The largest absolute Gasteiger partial charge is 0.338 e. The van der Waals surface area contributed by atoms with Crippen molar-refractivity contribution in [2.75, 3.05) is 13.1 Å². The second kappa shape index (κ2) is 8.50. The quantitative estimate of drug-likeness (QED) is 0.643. The number of aromatic nitrogens is 5. The zero-order valence-electron chi connectivity index (χ0n) is 17.0. The van der Waals surface area contributed by atoms with Crippen molar-refractivity contribution >= 4 is 5.91 Å². The molecule has 0 bridgehead atoms. The fraction of sp³-hybridized carbons (Fsp3) is 0.333. The first-order chi connectivity index (χ1) is 14.9. The molecule has 3 aromatic heterocycles. The first kappa shape index (κ1) is 20.5. The van der Waals surface area contributed by atoms with Gasteiger partial charge in [0.15, 0.2) is 0 Å². The van der Waals surface area contributed by atoms with Crippen LogP contribution in [0.15, 0.2) is 57.2 Å². The monoisotopic (exact) mass is 422 g/mol. The van der Waals surface area contributed by atoms with Gasteiger partial charge in [0.25, 0.3) is 17.0 Å². The lowest BCUT2D eigenvalue weighted by Crippen LogP contribution is -2.44. The minimum absolute atomic E-state index is 0.0523. The summed E-state index contributed by atoms with van der Waals surface area (Å²) in [6.07, 6.45) is 5.89. The fourth-order valence-electron chi connectivity index (χ4n) is 3.71. The van der Waals surface area contributed by atoms with Crippen LogP contribution in [0.4, 0.5) is 0 Å². The van der Waals surface area contributed by atoms with Crippen LogP contribution in [0.5, 0.6) is 0 Å². The molecule has 0 aromatic carbocycles. The van der Waals surface area contributed by atoms with Crippen molar-refractivity contribution in [1.29, 1.82) is 0 Å². The van der Waals surface area contributed by atoms with E-state index in [1.54, 1.807) is 23.4 Å². The van der Waals surface area contributed by atoms with Gasteiger partial charge in [0.2, 0.25) is 0 Å². The summed E-state index contributed by atoms with van der Waals surface area (Å²) in [6.45, 7) is 1.38. The van der Waals surface area contributed by atoms with Gasteiger partial charge in [0.05, 0.1) is 5.69 Å². The summed E-state index contributed by atoms with van der Waals surface area (Å²) in [5.41, 5.74) is 0.179. The number of piperidine rings is 1. The molecule has 1 N–H and O–H groups in total. The van der Waals surface area contributed by atoms with E-state index in [9.17, 15) is 19.2 Å². The molecule has 0 atom stereocenters. The Morgan fingerprint density at radius 2 is 1.81 bits per heavy atom. The number of nitrogens with one attached hydrogen (secondary N) is 1. The number of likely N-dealkylation sites (tertiary alicyclic amines) is 1. The highest BCUT2D eigenvalue weighted by molar-refractivity contribution is 5.93. The molecule has 31 heavy (non-hydrogen) atoms. The van der Waals surface area contributed by atoms with Gasteiger partial charge in [-0.3, -0.25) is 23.9 Å². The Morgan fingerprint density at radius 3 is 2.52 bits per heavy atom. The van der Waals surface area contributed by atoms with Gasteiger partial charge in [0, 0.05) is 56.9 Å².